The second-order valence-electron chi connectivity index (χ2n) is 4.41. The largest absolute Gasteiger partial charge is 0.347 e. The highest BCUT2D eigenvalue weighted by Crippen LogP contribution is 2.17. The minimum absolute atomic E-state index is 0.123. The number of nitriles is 1. The first-order chi connectivity index (χ1) is 9.55. The predicted molar refractivity (Wildman–Crippen MR) is 75.6 cm³/mol. The van der Waals surface area contributed by atoms with Crippen molar-refractivity contribution in [2.75, 3.05) is 5.43 Å². The van der Waals surface area contributed by atoms with Crippen LogP contribution in [0.25, 0.3) is 0 Å². The molecule has 0 saturated carbocycles. The molecule has 0 atom stereocenters. The Kier molecular flexibility index (Phi) is 3.71. The predicted octanol–water partition coefficient (Wildman–Crippen LogP) is 1.15. The Morgan fingerprint density at radius 3 is 2.80 bits per heavy atom. The minimum atomic E-state index is -0.685. The fraction of sp³-hybridized carbons (Fsp3) is 0.214. The van der Waals surface area contributed by atoms with E-state index in [1.165, 1.54) is 6.20 Å². The Morgan fingerprint density at radius 1 is 1.40 bits per heavy atom. The second-order valence-corrected chi connectivity index (χ2v) is 4.41. The van der Waals surface area contributed by atoms with Gasteiger partial charge in [0.25, 0.3) is 5.56 Å². The summed E-state index contributed by atoms with van der Waals surface area (Å²) in [5.41, 5.74) is 4.41. The number of benzene rings is 1. The van der Waals surface area contributed by atoms with Crippen molar-refractivity contribution in [2.24, 2.45) is 0 Å². The summed E-state index contributed by atoms with van der Waals surface area (Å²) in [6, 6.07) is 7.54. The van der Waals surface area contributed by atoms with Gasteiger partial charge in [-0.05, 0) is 25.0 Å². The molecule has 0 amide bonds. The quantitative estimate of drug-likeness (QED) is 0.875. The van der Waals surface area contributed by atoms with Gasteiger partial charge in [-0.15, -0.1) is 0 Å². The van der Waals surface area contributed by atoms with Crippen molar-refractivity contribution in [1.82, 2.24) is 9.66 Å². The van der Waals surface area contributed by atoms with Crippen LogP contribution in [0.15, 0.2) is 34.0 Å². The van der Waals surface area contributed by atoms with Crippen LogP contribution in [-0.2, 0) is 6.42 Å². The zero-order valence-corrected chi connectivity index (χ0v) is 11.2. The molecule has 2 N–H and O–H groups in total. The molecule has 2 aromatic rings. The van der Waals surface area contributed by atoms with E-state index in [4.69, 9.17) is 5.26 Å². The Bertz CT molecular complexity index is 796. The van der Waals surface area contributed by atoms with E-state index < -0.39 is 11.2 Å². The average Bonchev–Trinajstić information content (AvgIpc) is 2.43. The lowest BCUT2D eigenvalue weighted by molar-refractivity contribution is 0.823. The molecule has 0 saturated heterocycles. The number of anilines is 1. The zero-order chi connectivity index (χ0) is 14.7. The van der Waals surface area contributed by atoms with Crippen LogP contribution in [0, 0.1) is 18.3 Å². The van der Waals surface area contributed by atoms with Crippen molar-refractivity contribution < 1.29 is 0 Å². The van der Waals surface area contributed by atoms with Gasteiger partial charge in [-0.2, -0.15) is 5.26 Å². The molecule has 2 rings (SSSR count). The van der Waals surface area contributed by atoms with E-state index in [0.717, 1.165) is 27.9 Å². The van der Waals surface area contributed by atoms with Crippen molar-refractivity contribution >= 4 is 5.69 Å². The van der Waals surface area contributed by atoms with E-state index >= 15 is 0 Å². The molecule has 1 aromatic heterocycles. The van der Waals surface area contributed by atoms with Crippen LogP contribution >= 0.6 is 0 Å². The molecule has 20 heavy (non-hydrogen) atoms. The highest BCUT2D eigenvalue weighted by atomic mass is 16.2. The van der Waals surface area contributed by atoms with Gasteiger partial charge in [0.05, 0.1) is 11.9 Å². The monoisotopic (exact) mass is 270 g/mol. The van der Waals surface area contributed by atoms with Crippen LogP contribution in [0.1, 0.15) is 23.6 Å². The molecule has 0 radical (unpaired) electrons. The minimum Gasteiger partial charge on any atom is -0.290 e. The van der Waals surface area contributed by atoms with Gasteiger partial charge in [0.2, 0.25) is 0 Å². The van der Waals surface area contributed by atoms with Crippen LogP contribution in [0.3, 0.4) is 0 Å². The summed E-state index contributed by atoms with van der Waals surface area (Å²) in [5.74, 6) is 0. The molecular weight excluding hydrogens is 256 g/mol. The number of H-pyrrole nitrogens is 1. The number of nitrogens with one attached hydrogen (secondary N) is 2. The van der Waals surface area contributed by atoms with Crippen molar-refractivity contribution in [2.45, 2.75) is 20.3 Å². The van der Waals surface area contributed by atoms with E-state index in [1.807, 2.05) is 32.0 Å². The molecule has 102 valence electrons. The molecule has 0 aliphatic heterocycles. The topological polar surface area (TPSA) is 90.7 Å². The van der Waals surface area contributed by atoms with Crippen molar-refractivity contribution in [3.8, 4) is 6.07 Å². The molecule has 0 aliphatic rings. The standard InChI is InChI=1S/C14H14N4O2/c1-3-10-6-9(2)4-5-12(10)17-18-8-11(7-15)13(19)16-14(18)20/h4-6,8,17H,3H2,1-2H3,(H,16,19,20). The molecule has 6 nitrogen and oxygen atoms in total. The van der Waals surface area contributed by atoms with Gasteiger partial charge in [-0.3, -0.25) is 15.2 Å². The first-order valence-corrected chi connectivity index (χ1v) is 6.17. The van der Waals surface area contributed by atoms with Gasteiger partial charge in [-0.1, -0.05) is 24.6 Å². The highest BCUT2D eigenvalue weighted by Gasteiger charge is 2.06. The first-order valence-electron chi connectivity index (χ1n) is 6.17. The molecule has 6 heteroatoms. The van der Waals surface area contributed by atoms with Crippen molar-refractivity contribution in [1.29, 1.82) is 5.26 Å². The number of aromatic amines is 1. The van der Waals surface area contributed by atoms with Crippen LogP contribution in [0.5, 0.6) is 0 Å². The van der Waals surface area contributed by atoms with E-state index in [2.05, 4.69) is 10.4 Å². The Labute approximate surface area is 115 Å². The summed E-state index contributed by atoms with van der Waals surface area (Å²) in [6.45, 7) is 4.00. The number of aryl methyl sites for hydroxylation is 2. The van der Waals surface area contributed by atoms with Gasteiger partial charge < -0.3 is 0 Å². The molecule has 0 bridgehead atoms. The van der Waals surface area contributed by atoms with E-state index in [0.29, 0.717) is 0 Å². The van der Waals surface area contributed by atoms with Crippen LogP contribution in [0.4, 0.5) is 5.69 Å². The third-order valence-corrected chi connectivity index (χ3v) is 2.95. The van der Waals surface area contributed by atoms with E-state index in [9.17, 15) is 9.59 Å². The molecule has 0 aliphatic carbocycles. The van der Waals surface area contributed by atoms with Gasteiger partial charge in [0.15, 0.2) is 0 Å². The summed E-state index contributed by atoms with van der Waals surface area (Å²) < 4.78 is 1.10. The molecule has 0 unspecified atom stereocenters. The lowest BCUT2D eigenvalue weighted by Crippen LogP contribution is -2.34. The van der Waals surface area contributed by atoms with Crippen LogP contribution < -0.4 is 16.7 Å². The summed E-state index contributed by atoms with van der Waals surface area (Å²) >= 11 is 0. The fourth-order valence-corrected chi connectivity index (χ4v) is 1.89. The Hall–Kier alpha value is -2.81. The number of nitrogens with zero attached hydrogens (tertiary/aromatic N) is 2. The van der Waals surface area contributed by atoms with Crippen LogP contribution in [0.2, 0.25) is 0 Å². The number of hydrogen-bond acceptors (Lipinski definition) is 4. The SMILES string of the molecule is CCc1cc(C)ccc1Nn1cc(C#N)c(=O)[nH]c1=O. The molecule has 1 aromatic carbocycles. The second kappa shape index (κ2) is 5.45. The Balaban J connectivity index is 2.48. The third kappa shape index (κ3) is 2.62. The van der Waals surface area contributed by atoms with Gasteiger partial charge in [0.1, 0.15) is 11.6 Å². The molecule has 1 heterocycles. The molecular formula is C14H14N4O2. The first kappa shape index (κ1) is 13.6. The maximum Gasteiger partial charge on any atom is 0.347 e. The van der Waals surface area contributed by atoms with Gasteiger partial charge in [-0.25, -0.2) is 9.47 Å². The number of aromatic nitrogens is 2. The summed E-state index contributed by atoms with van der Waals surface area (Å²) in [5, 5.41) is 8.82. The van der Waals surface area contributed by atoms with Crippen molar-refractivity contribution in [3.63, 3.8) is 0 Å². The van der Waals surface area contributed by atoms with E-state index in [1.54, 1.807) is 6.07 Å². The lowest BCUT2D eigenvalue weighted by atomic mass is 10.1. The van der Waals surface area contributed by atoms with Crippen LogP contribution in [-0.4, -0.2) is 9.66 Å². The third-order valence-electron chi connectivity index (χ3n) is 2.95. The lowest BCUT2D eigenvalue weighted by Gasteiger charge is -2.13. The fourth-order valence-electron chi connectivity index (χ4n) is 1.89. The zero-order valence-electron chi connectivity index (χ0n) is 11.2. The number of rotatable bonds is 3. The summed E-state index contributed by atoms with van der Waals surface area (Å²) in [4.78, 5) is 25.1. The summed E-state index contributed by atoms with van der Waals surface area (Å²) in [7, 11) is 0. The van der Waals surface area contributed by atoms with E-state index in [-0.39, 0.29) is 5.56 Å². The van der Waals surface area contributed by atoms with Crippen molar-refractivity contribution in [3.05, 3.63) is 61.9 Å². The maximum atomic E-state index is 11.7. The molecule has 0 spiro atoms. The van der Waals surface area contributed by atoms with Gasteiger partial charge >= 0.3 is 5.69 Å². The average molecular weight is 270 g/mol. The highest BCUT2D eigenvalue weighted by molar-refractivity contribution is 5.52. The Morgan fingerprint density at radius 2 is 2.15 bits per heavy atom. The molecule has 0 fully saturated rings. The van der Waals surface area contributed by atoms with Gasteiger partial charge in [0, 0.05) is 0 Å². The summed E-state index contributed by atoms with van der Waals surface area (Å²) in [6.07, 6.45) is 1.99. The number of hydrogen-bond donors (Lipinski definition) is 2. The normalized spacial score (nSPS) is 10.1. The smallest absolute Gasteiger partial charge is 0.290 e. The maximum absolute atomic E-state index is 11.7.